The second kappa shape index (κ2) is 12.4. The second-order valence-corrected chi connectivity index (χ2v) is 11.4. The predicted octanol–water partition coefficient (Wildman–Crippen LogP) is 11.1. The van der Waals surface area contributed by atoms with Crippen LogP contribution in [0.5, 0.6) is 0 Å². The van der Waals surface area contributed by atoms with E-state index in [-0.39, 0.29) is 5.78 Å². The first kappa shape index (κ1) is 28.7. The van der Waals surface area contributed by atoms with E-state index in [1.807, 2.05) is 48.5 Å². The maximum Gasteiger partial charge on any atom is 0.193 e. The van der Waals surface area contributed by atoms with Gasteiger partial charge in [-0.25, -0.2) is 0 Å². The van der Waals surface area contributed by atoms with Crippen LogP contribution in [0.1, 0.15) is 38.2 Å². The largest absolute Gasteiger partial charge is 0.311 e. The molecular weight excluding hydrogens is 536 g/mol. The number of carbonyl (C=O) groups excluding carboxylic acids is 1. The predicted molar refractivity (Wildman–Crippen MR) is 185 cm³/mol. The number of carbonyl (C=O) groups is 1. The number of benzene rings is 6. The van der Waals surface area contributed by atoms with Gasteiger partial charge in [0.05, 0.1) is 0 Å². The van der Waals surface area contributed by atoms with E-state index in [4.69, 9.17) is 0 Å². The van der Waals surface area contributed by atoms with Gasteiger partial charge in [0, 0.05) is 45.3 Å². The summed E-state index contributed by atoms with van der Waals surface area (Å²) in [5, 5.41) is 0. The SMILES string of the molecule is Cc1ccc(N(c2ccc(C)cc2)c2ccc(C(=O)c3ccc(N(c4ccc(C)cc4)c4ccc(C)cc4)cc3)cc2)cc1. The molecule has 0 atom stereocenters. The first-order valence-electron chi connectivity index (χ1n) is 15.0. The zero-order chi connectivity index (χ0) is 30.6. The first-order valence-corrected chi connectivity index (χ1v) is 15.0. The van der Waals surface area contributed by atoms with Crippen molar-refractivity contribution in [3.8, 4) is 0 Å². The summed E-state index contributed by atoms with van der Waals surface area (Å²) in [4.78, 5) is 18.0. The van der Waals surface area contributed by atoms with Gasteiger partial charge in [-0.15, -0.1) is 0 Å². The summed E-state index contributed by atoms with van der Waals surface area (Å²) in [6, 6.07) is 49.8. The van der Waals surface area contributed by atoms with Gasteiger partial charge in [-0.2, -0.15) is 0 Å². The number of rotatable bonds is 8. The molecule has 3 nitrogen and oxygen atoms in total. The normalized spacial score (nSPS) is 10.8. The zero-order valence-electron chi connectivity index (χ0n) is 25.7. The fraction of sp³-hybridized carbons (Fsp3) is 0.0976. The van der Waals surface area contributed by atoms with Crippen molar-refractivity contribution in [3.05, 3.63) is 179 Å². The van der Waals surface area contributed by atoms with Crippen molar-refractivity contribution in [2.45, 2.75) is 27.7 Å². The highest BCUT2D eigenvalue weighted by atomic mass is 16.1. The van der Waals surface area contributed by atoms with Gasteiger partial charge in [0.1, 0.15) is 0 Å². The number of ketones is 1. The average molecular weight is 573 g/mol. The second-order valence-electron chi connectivity index (χ2n) is 11.4. The maximum atomic E-state index is 13.6. The Balaban J connectivity index is 1.28. The Labute approximate surface area is 260 Å². The molecule has 0 N–H and O–H groups in total. The van der Waals surface area contributed by atoms with Crippen LogP contribution in [0.3, 0.4) is 0 Å². The van der Waals surface area contributed by atoms with Crippen LogP contribution in [-0.4, -0.2) is 5.78 Å². The van der Waals surface area contributed by atoms with E-state index in [1.165, 1.54) is 22.3 Å². The Morgan fingerprint density at radius 1 is 0.318 bits per heavy atom. The lowest BCUT2D eigenvalue weighted by molar-refractivity contribution is 0.103. The van der Waals surface area contributed by atoms with Crippen molar-refractivity contribution in [1.29, 1.82) is 0 Å². The minimum atomic E-state index is -0.00227. The third kappa shape index (κ3) is 6.18. The average Bonchev–Trinajstić information content (AvgIpc) is 3.05. The molecule has 0 fully saturated rings. The van der Waals surface area contributed by atoms with Gasteiger partial charge in [0.15, 0.2) is 5.78 Å². The number of nitrogens with zero attached hydrogens (tertiary/aromatic N) is 2. The van der Waals surface area contributed by atoms with Crippen LogP contribution in [0, 0.1) is 27.7 Å². The van der Waals surface area contributed by atoms with Gasteiger partial charge in [0.25, 0.3) is 0 Å². The number of anilines is 6. The van der Waals surface area contributed by atoms with Gasteiger partial charge >= 0.3 is 0 Å². The Morgan fingerprint density at radius 3 is 0.705 bits per heavy atom. The van der Waals surface area contributed by atoms with Crippen LogP contribution in [0.2, 0.25) is 0 Å². The first-order chi connectivity index (χ1) is 21.4. The summed E-state index contributed by atoms with van der Waals surface area (Å²) in [6.07, 6.45) is 0. The molecule has 44 heavy (non-hydrogen) atoms. The third-order valence-corrected chi connectivity index (χ3v) is 7.94. The molecule has 0 amide bonds. The Morgan fingerprint density at radius 2 is 0.500 bits per heavy atom. The number of hydrogen-bond donors (Lipinski definition) is 0. The molecule has 6 aromatic rings. The van der Waals surface area contributed by atoms with Crippen molar-refractivity contribution in [2.24, 2.45) is 0 Å². The highest BCUT2D eigenvalue weighted by Gasteiger charge is 2.16. The van der Waals surface area contributed by atoms with Crippen LogP contribution >= 0.6 is 0 Å². The van der Waals surface area contributed by atoms with Crippen LogP contribution in [0.15, 0.2) is 146 Å². The summed E-state index contributed by atoms with van der Waals surface area (Å²) in [6.45, 7) is 8.37. The van der Waals surface area contributed by atoms with Gasteiger partial charge in [-0.3, -0.25) is 4.79 Å². The Hall–Kier alpha value is -5.41. The van der Waals surface area contributed by atoms with Crippen LogP contribution in [-0.2, 0) is 0 Å². The van der Waals surface area contributed by atoms with Crippen molar-refractivity contribution in [2.75, 3.05) is 9.80 Å². The quantitative estimate of drug-likeness (QED) is 0.170. The maximum absolute atomic E-state index is 13.6. The highest BCUT2D eigenvalue weighted by molar-refractivity contribution is 6.09. The van der Waals surface area contributed by atoms with Crippen molar-refractivity contribution < 1.29 is 4.79 Å². The zero-order valence-corrected chi connectivity index (χ0v) is 25.7. The molecule has 0 aliphatic carbocycles. The fourth-order valence-electron chi connectivity index (χ4n) is 5.36. The molecule has 0 saturated heterocycles. The molecule has 0 heterocycles. The van der Waals surface area contributed by atoms with E-state index in [0.29, 0.717) is 11.1 Å². The molecule has 0 saturated carbocycles. The summed E-state index contributed by atoms with van der Waals surface area (Å²) >= 11 is 0. The fourth-order valence-corrected chi connectivity index (χ4v) is 5.36. The standard InChI is InChI=1S/C41H36N2O/c1-29-5-17-35(18-6-29)42(36-19-7-30(2)8-20-36)39-25-13-33(14-26-39)41(44)34-15-27-40(28-16-34)43(37-21-9-31(3)10-22-37)38-23-11-32(4)12-24-38/h5-28H,1-4H3. The molecule has 0 bridgehead atoms. The molecule has 3 heteroatoms. The van der Waals surface area contributed by atoms with Crippen molar-refractivity contribution >= 4 is 39.9 Å². The smallest absolute Gasteiger partial charge is 0.193 e. The Bertz CT molecular complexity index is 1620. The van der Waals surface area contributed by atoms with E-state index in [1.54, 1.807) is 0 Å². The van der Waals surface area contributed by atoms with Gasteiger partial charge in [-0.05, 0) is 125 Å². The van der Waals surface area contributed by atoms with E-state index in [9.17, 15) is 4.79 Å². The molecule has 0 radical (unpaired) electrons. The molecule has 0 aromatic heterocycles. The number of hydrogen-bond acceptors (Lipinski definition) is 3. The van der Waals surface area contributed by atoms with Crippen molar-refractivity contribution in [1.82, 2.24) is 0 Å². The lowest BCUT2D eigenvalue weighted by Gasteiger charge is -2.26. The van der Waals surface area contributed by atoms with E-state index >= 15 is 0 Å². The van der Waals surface area contributed by atoms with Crippen LogP contribution in [0.25, 0.3) is 0 Å². The lowest BCUT2D eigenvalue weighted by atomic mass is 10.0. The summed E-state index contributed by atoms with van der Waals surface area (Å²) in [5.41, 5.74) is 12.4. The molecule has 0 aliphatic heterocycles. The van der Waals surface area contributed by atoms with E-state index < -0.39 is 0 Å². The third-order valence-electron chi connectivity index (χ3n) is 7.94. The van der Waals surface area contributed by atoms with Crippen molar-refractivity contribution in [3.63, 3.8) is 0 Å². The highest BCUT2D eigenvalue weighted by Crippen LogP contribution is 2.36. The molecule has 6 rings (SSSR count). The molecular formula is C41H36N2O. The monoisotopic (exact) mass is 572 g/mol. The molecule has 6 aromatic carbocycles. The minimum Gasteiger partial charge on any atom is -0.311 e. The summed E-state index contributed by atoms with van der Waals surface area (Å²) < 4.78 is 0. The number of aryl methyl sites for hydroxylation is 4. The topological polar surface area (TPSA) is 23.6 Å². The van der Waals surface area contributed by atoms with Gasteiger partial charge in [0.2, 0.25) is 0 Å². The Kier molecular flexibility index (Phi) is 8.12. The van der Waals surface area contributed by atoms with Gasteiger partial charge < -0.3 is 9.80 Å². The molecule has 216 valence electrons. The van der Waals surface area contributed by atoms with E-state index in [0.717, 1.165) is 34.1 Å². The molecule has 0 spiro atoms. The summed E-state index contributed by atoms with van der Waals surface area (Å²) in [7, 11) is 0. The summed E-state index contributed by atoms with van der Waals surface area (Å²) in [5.74, 6) is -0.00227. The van der Waals surface area contributed by atoms with Crippen LogP contribution < -0.4 is 9.80 Å². The molecule has 0 aliphatic rings. The molecule has 0 unspecified atom stereocenters. The van der Waals surface area contributed by atoms with Crippen LogP contribution in [0.4, 0.5) is 34.1 Å². The lowest BCUT2D eigenvalue weighted by Crippen LogP contribution is -2.11. The van der Waals surface area contributed by atoms with E-state index in [2.05, 4.69) is 135 Å². The minimum absolute atomic E-state index is 0.00227. The van der Waals surface area contributed by atoms with Gasteiger partial charge in [-0.1, -0.05) is 70.8 Å².